The summed E-state index contributed by atoms with van der Waals surface area (Å²) in [4.78, 5) is 39.3. The van der Waals surface area contributed by atoms with E-state index in [2.05, 4.69) is 20.6 Å². The monoisotopic (exact) mass is 606 g/mol. The number of aromatic nitrogens is 3. The van der Waals surface area contributed by atoms with Gasteiger partial charge >= 0.3 is 6.09 Å². The van der Waals surface area contributed by atoms with E-state index in [1.54, 1.807) is 36.7 Å². The van der Waals surface area contributed by atoms with Crippen molar-refractivity contribution in [2.75, 3.05) is 23.7 Å². The van der Waals surface area contributed by atoms with Crippen molar-refractivity contribution in [3.63, 3.8) is 0 Å². The van der Waals surface area contributed by atoms with E-state index in [-0.39, 0.29) is 24.2 Å². The number of aryl methyl sites for hydroxylation is 1. The van der Waals surface area contributed by atoms with E-state index in [1.165, 1.54) is 17.0 Å². The molecular weight excluding hydrogens is 575 g/mol. The number of fused-ring (bicyclic) bond motifs is 1. The van der Waals surface area contributed by atoms with Crippen LogP contribution in [0.15, 0.2) is 85.2 Å². The second-order valence-electron chi connectivity index (χ2n) is 10.9. The van der Waals surface area contributed by atoms with Crippen molar-refractivity contribution in [3.8, 4) is 22.9 Å². The summed E-state index contributed by atoms with van der Waals surface area (Å²) in [6.07, 6.45) is 3.95. The Balaban J connectivity index is 1.26. The zero-order valence-electron chi connectivity index (χ0n) is 24.5. The van der Waals surface area contributed by atoms with Crippen molar-refractivity contribution in [3.05, 3.63) is 102 Å². The largest absolute Gasteiger partial charge is 0.465 e. The van der Waals surface area contributed by atoms with Crippen LogP contribution in [0.3, 0.4) is 0 Å². The number of rotatable bonds is 8. The molecule has 0 saturated carbocycles. The number of ether oxygens (including phenoxy) is 1. The molecule has 1 aliphatic heterocycles. The van der Waals surface area contributed by atoms with Crippen LogP contribution in [-0.2, 0) is 11.2 Å². The highest BCUT2D eigenvalue weighted by molar-refractivity contribution is 6.05. The predicted octanol–water partition coefficient (Wildman–Crippen LogP) is 6.67. The molecule has 228 valence electrons. The van der Waals surface area contributed by atoms with E-state index in [0.29, 0.717) is 53.2 Å². The fraction of sp³-hybridized carbons (Fsp3) is 0.206. The molecule has 3 aromatic carbocycles. The zero-order valence-corrected chi connectivity index (χ0v) is 24.5. The Hall–Kier alpha value is -5.58. The standard InChI is InChI=1S/C34H31FN6O4/c1-21-12-13-25-26(9-3-11-28(25)39-30(42)19-22-6-2-7-23(35)18-22)31(21)45-32-27(10-4-15-36-32)29-14-16-37-33(40-29)38-24-8-5-17-41(20-24)34(43)44/h2-4,6-7,9-16,18,24H,5,8,17,19-20H2,1H3,(H,39,42)(H,43,44)(H,37,38,40)/t24-/m0/s1. The number of carboxylic acid groups (broad SMARTS) is 1. The molecule has 3 heterocycles. The fourth-order valence-corrected chi connectivity index (χ4v) is 5.50. The number of carbonyl (C=O) groups excluding carboxylic acids is 1. The first kappa shape index (κ1) is 29.5. The molecule has 1 atom stereocenters. The minimum Gasteiger partial charge on any atom is -0.465 e. The van der Waals surface area contributed by atoms with E-state index in [0.717, 1.165) is 29.2 Å². The first-order valence-electron chi connectivity index (χ1n) is 14.6. The molecule has 11 heteroatoms. The third-order valence-electron chi connectivity index (χ3n) is 7.66. The highest BCUT2D eigenvalue weighted by Gasteiger charge is 2.24. The Kier molecular flexibility index (Phi) is 8.50. The first-order valence-corrected chi connectivity index (χ1v) is 14.6. The van der Waals surface area contributed by atoms with Crippen LogP contribution in [0.4, 0.5) is 20.8 Å². The van der Waals surface area contributed by atoms with E-state index in [1.807, 2.05) is 43.3 Å². The first-order chi connectivity index (χ1) is 21.8. The van der Waals surface area contributed by atoms with E-state index >= 15 is 0 Å². The van der Waals surface area contributed by atoms with Crippen molar-refractivity contribution in [2.45, 2.75) is 32.2 Å². The van der Waals surface area contributed by atoms with Crippen LogP contribution >= 0.6 is 0 Å². The van der Waals surface area contributed by atoms with Crippen LogP contribution in [0, 0.1) is 12.7 Å². The predicted molar refractivity (Wildman–Crippen MR) is 169 cm³/mol. The van der Waals surface area contributed by atoms with Crippen molar-refractivity contribution in [2.24, 2.45) is 0 Å². The van der Waals surface area contributed by atoms with Gasteiger partial charge in [0, 0.05) is 48.0 Å². The average molecular weight is 607 g/mol. The van der Waals surface area contributed by atoms with Crippen LogP contribution in [-0.4, -0.2) is 56.1 Å². The second kappa shape index (κ2) is 13.0. The van der Waals surface area contributed by atoms with Gasteiger partial charge in [0.2, 0.25) is 17.7 Å². The van der Waals surface area contributed by atoms with Gasteiger partial charge in [-0.1, -0.05) is 36.4 Å². The maximum atomic E-state index is 13.6. The molecule has 5 aromatic rings. The van der Waals surface area contributed by atoms with Crippen LogP contribution in [0.5, 0.6) is 11.6 Å². The molecular formula is C34H31FN6O4. The Bertz CT molecular complexity index is 1880. The molecule has 0 radical (unpaired) electrons. The summed E-state index contributed by atoms with van der Waals surface area (Å²) in [5.74, 6) is 0.659. The average Bonchev–Trinajstić information content (AvgIpc) is 3.03. The van der Waals surface area contributed by atoms with Crippen molar-refractivity contribution in [1.29, 1.82) is 0 Å². The summed E-state index contributed by atoms with van der Waals surface area (Å²) in [7, 11) is 0. The SMILES string of the molecule is Cc1ccc2c(NC(=O)Cc3cccc(F)c3)cccc2c1Oc1ncccc1-c1ccnc(N[C@H]2CCCN(C(=O)O)C2)n1. The van der Waals surface area contributed by atoms with E-state index < -0.39 is 6.09 Å². The molecule has 3 N–H and O–H groups in total. The number of hydrogen-bond donors (Lipinski definition) is 3. The van der Waals surface area contributed by atoms with Gasteiger partial charge in [-0.05, 0) is 67.3 Å². The molecule has 10 nitrogen and oxygen atoms in total. The normalized spacial score (nSPS) is 14.6. The lowest BCUT2D eigenvalue weighted by Crippen LogP contribution is -2.44. The van der Waals surface area contributed by atoms with Gasteiger partial charge in [0.25, 0.3) is 0 Å². The van der Waals surface area contributed by atoms with Crippen LogP contribution < -0.4 is 15.4 Å². The topological polar surface area (TPSA) is 130 Å². The Morgan fingerprint density at radius 2 is 1.89 bits per heavy atom. The molecule has 0 unspecified atom stereocenters. The van der Waals surface area contributed by atoms with E-state index in [4.69, 9.17) is 9.72 Å². The lowest BCUT2D eigenvalue weighted by Gasteiger charge is -2.31. The number of likely N-dealkylation sites (tertiary alicyclic amines) is 1. The lowest BCUT2D eigenvalue weighted by molar-refractivity contribution is -0.115. The minimum absolute atomic E-state index is 0.0367. The number of nitrogens with zero attached hydrogens (tertiary/aromatic N) is 4. The van der Waals surface area contributed by atoms with Gasteiger partial charge in [0.1, 0.15) is 11.6 Å². The summed E-state index contributed by atoms with van der Waals surface area (Å²) in [6.45, 7) is 2.81. The number of halogens is 1. The molecule has 0 aliphatic carbocycles. The van der Waals surface area contributed by atoms with Gasteiger partial charge in [-0.3, -0.25) is 4.79 Å². The number of amides is 2. The van der Waals surface area contributed by atoms with Gasteiger partial charge in [0.15, 0.2) is 0 Å². The Labute approximate surface area is 258 Å². The van der Waals surface area contributed by atoms with Crippen molar-refractivity contribution < 1.29 is 23.8 Å². The number of anilines is 2. The van der Waals surface area contributed by atoms with Gasteiger partial charge in [-0.2, -0.15) is 0 Å². The van der Waals surface area contributed by atoms with Crippen molar-refractivity contribution in [1.82, 2.24) is 19.9 Å². The maximum Gasteiger partial charge on any atom is 0.407 e. The molecule has 0 bridgehead atoms. The van der Waals surface area contributed by atoms with Gasteiger partial charge in [0.05, 0.1) is 17.7 Å². The number of benzene rings is 3. The molecule has 1 saturated heterocycles. The van der Waals surface area contributed by atoms with E-state index in [9.17, 15) is 19.1 Å². The van der Waals surface area contributed by atoms with Crippen LogP contribution in [0.25, 0.3) is 22.0 Å². The Morgan fingerprint density at radius 3 is 2.73 bits per heavy atom. The fourth-order valence-electron chi connectivity index (χ4n) is 5.50. The maximum absolute atomic E-state index is 13.6. The minimum atomic E-state index is -0.935. The second-order valence-corrected chi connectivity index (χ2v) is 10.9. The zero-order chi connectivity index (χ0) is 31.3. The number of pyridine rings is 1. The van der Waals surface area contributed by atoms with Gasteiger partial charge in [-0.15, -0.1) is 0 Å². The van der Waals surface area contributed by atoms with Crippen LogP contribution in [0.2, 0.25) is 0 Å². The van der Waals surface area contributed by atoms with Gasteiger partial charge in [-0.25, -0.2) is 24.1 Å². The Morgan fingerprint density at radius 1 is 1.02 bits per heavy atom. The number of piperidine rings is 1. The van der Waals surface area contributed by atoms with Gasteiger partial charge < -0.3 is 25.4 Å². The highest BCUT2D eigenvalue weighted by Crippen LogP contribution is 2.38. The number of hydrogen-bond acceptors (Lipinski definition) is 7. The number of nitrogens with one attached hydrogen (secondary N) is 2. The molecule has 0 spiro atoms. The summed E-state index contributed by atoms with van der Waals surface area (Å²) in [5.41, 5.74) is 3.29. The molecule has 1 fully saturated rings. The van der Waals surface area contributed by atoms with Crippen LogP contribution in [0.1, 0.15) is 24.0 Å². The molecule has 2 amide bonds. The third kappa shape index (κ3) is 6.82. The molecule has 2 aromatic heterocycles. The molecule has 6 rings (SSSR count). The summed E-state index contributed by atoms with van der Waals surface area (Å²) in [6, 6.07) is 20.7. The summed E-state index contributed by atoms with van der Waals surface area (Å²) >= 11 is 0. The number of carbonyl (C=O) groups is 2. The van der Waals surface area contributed by atoms with Crippen molar-refractivity contribution >= 4 is 34.4 Å². The summed E-state index contributed by atoms with van der Waals surface area (Å²) < 4.78 is 20.1. The summed E-state index contributed by atoms with van der Waals surface area (Å²) in [5, 5.41) is 17.2. The third-order valence-corrected chi connectivity index (χ3v) is 7.66. The highest BCUT2D eigenvalue weighted by atomic mass is 19.1. The smallest absolute Gasteiger partial charge is 0.407 e. The molecule has 1 aliphatic rings. The molecule has 45 heavy (non-hydrogen) atoms. The quantitative estimate of drug-likeness (QED) is 0.179. The lowest BCUT2D eigenvalue weighted by atomic mass is 10.0.